The number of para-hydroxylation sites is 2. The molecule has 1 aromatic heterocycles. The molecule has 5 nitrogen and oxygen atoms in total. The van der Waals surface area contributed by atoms with E-state index >= 15 is 0 Å². The smallest absolute Gasteiger partial charge is 0.269 e. The molecule has 0 atom stereocenters. The topological polar surface area (TPSA) is 55.2 Å². The molecule has 7 heteroatoms. The number of fused-ring (bicyclic) bond motifs is 1. The van der Waals surface area contributed by atoms with Crippen LogP contribution in [0.1, 0.15) is 25.1 Å². The maximum absolute atomic E-state index is 13.3. The number of benzene rings is 2. The van der Waals surface area contributed by atoms with Gasteiger partial charge in [0.25, 0.3) is 10.0 Å². The van der Waals surface area contributed by atoms with E-state index in [1.54, 1.807) is 18.2 Å². The molecule has 0 bridgehead atoms. The van der Waals surface area contributed by atoms with Crippen LogP contribution in [0.3, 0.4) is 0 Å². The van der Waals surface area contributed by atoms with Crippen molar-refractivity contribution in [2.24, 2.45) is 0 Å². The third-order valence-corrected chi connectivity index (χ3v) is 6.76. The molecule has 0 saturated carbocycles. The van der Waals surface area contributed by atoms with Crippen LogP contribution < -0.4 is 0 Å². The lowest BCUT2D eigenvalue weighted by atomic mass is 10.1. The van der Waals surface area contributed by atoms with Gasteiger partial charge in [-0.2, -0.15) is 0 Å². The quantitative estimate of drug-likeness (QED) is 0.678. The molecular weight excluding hydrogens is 370 g/mol. The van der Waals surface area contributed by atoms with E-state index in [9.17, 15) is 8.42 Å². The van der Waals surface area contributed by atoms with Gasteiger partial charge in [0.1, 0.15) is 5.82 Å². The summed E-state index contributed by atoms with van der Waals surface area (Å²) in [4.78, 5) is 7.12. The summed E-state index contributed by atoms with van der Waals surface area (Å²) in [5.41, 5.74) is 1.30. The van der Waals surface area contributed by atoms with Crippen molar-refractivity contribution in [3.63, 3.8) is 0 Å². The number of imidazole rings is 1. The van der Waals surface area contributed by atoms with Gasteiger partial charge in [-0.05, 0) is 62.3 Å². The van der Waals surface area contributed by atoms with Crippen LogP contribution in [0.2, 0.25) is 5.02 Å². The van der Waals surface area contributed by atoms with E-state index < -0.39 is 10.0 Å². The van der Waals surface area contributed by atoms with Gasteiger partial charge in [-0.15, -0.1) is 0 Å². The molecule has 136 valence electrons. The van der Waals surface area contributed by atoms with Crippen LogP contribution >= 0.6 is 11.6 Å². The number of piperidine rings is 1. The first kappa shape index (κ1) is 17.5. The molecule has 0 unspecified atom stereocenters. The predicted molar refractivity (Wildman–Crippen MR) is 103 cm³/mol. The molecule has 1 fully saturated rings. The highest BCUT2D eigenvalue weighted by Crippen LogP contribution is 2.25. The SMILES string of the molecule is O=S(=O)(c1ccc(Cl)cc1)n1c(CN2CCCCC2)nc2ccccc21. The lowest BCUT2D eigenvalue weighted by molar-refractivity contribution is 0.216. The third kappa shape index (κ3) is 3.24. The van der Waals surface area contributed by atoms with Crippen molar-refractivity contribution < 1.29 is 8.42 Å². The first-order valence-corrected chi connectivity index (χ1v) is 10.6. The van der Waals surface area contributed by atoms with Crippen molar-refractivity contribution in [2.45, 2.75) is 30.7 Å². The molecule has 1 aliphatic rings. The Morgan fingerprint density at radius 2 is 1.65 bits per heavy atom. The van der Waals surface area contributed by atoms with Crippen molar-refractivity contribution in [1.82, 2.24) is 13.9 Å². The Labute approximate surface area is 158 Å². The summed E-state index contributed by atoms with van der Waals surface area (Å²) < 4.78 is 28.1. The molecule has 3 aromatic rings. The maximum Gasteiger partial charge on any atom is 0.269 e. The lowest BCUT2D eigenvalue weighted by Gasteiger charge is -2.26. The summed E-state index contributed by atoms with van der Waals surface area (Å²) in [6.45, 7) is 2.48. The third-order valence-electron chi connectivity index (χ3n) is 4.75. The number of likely N-dealkylation sites (tertiary alicyclic amines) is 1. The fourth-order valence-electron chi connectivity index (χ4n) is 3.45. The largest absolute Gasteiger partial charge is 0.296 e. The minimum absolute atomic E-state index is 0.213. The number of hydrogen-bond donors (Lipinski definition) is 0. The van der Waals surface area contributed by atoms with Gasteiger partial charge < -0.3 is 0 Å². The average Bonchev–Trinajstić information content (AvgIpc) is 3.01. The van der Waals surface area contributed by atoms with Gasteiger partial charge in [-0.25, -0.2) is 17.4 Å². The molecule has 1 saturated heterocycles. The van der Waals surface area contributed by atoms with E-state index in [1.165, 1.54) is 22.5 Å². The van der Waals surface area contributed by atoms with E-state index in [2.05, 4.69) is 9.88 Å². The van der Waals surface area contributed by atoms with Crippen molar-refractivity contribution in [2.75, 3.05) is 13.1 Å². The molecule has 26 heavy (non-hydrogen) atoms. The summed E-state index contributed by atoms with van der Waals surface area (Å²) in [5.74, 6) is 0.558. The summed E-state index contributed by atoms with van der Waals surface area (Å²) in [6, 6.07) is 13.6. The molecule has 2 heterocycles. The summed E-state index contributed by atoms with van der Waals surface area (Å²) in [7, 11) is -3.75. The summed E-state index contributed by atoms with van der Waals surface area (Å²) in [5, 5.41) is 0.507. The van der Waals surface area contributed by atoms with Crippen LogP contribution in [0.25, 0.3) is 11.0 Å². The Morgan fingerprint density at radius 1 is 0.962 bits per heavy atom. The number of halogens is 1. The van der Waals surface area contributed by atoms with Crippen LogP contribution in [0.15, 0.2) is 53.4 Å². The molecule has 0 amide bonds. The number of hydrogen-bond acceptors (Lipinski definition) is 4. The van der Waals surface area contributed by atoms with E-state index in [0.29, 0.717) is 28.4 Å². The van der Waals surface area contributed by atoms with Gasteiger partial charge in [-0.1, -0.05) is 30.2 Å². The standard InChI is InChI=1S/C19H20ClN3O2S/c20-15-8-10-16(11-9-15)26(24,25)23-18-7-3-2-6-17(18)21-19(23)14-22-12-4-1-5-13-22/h2-3,6-11H,1,4-5,12-14H2. The average molecular weight is 390 g/mol. The number of rotatable bonds is 4. The van der Waals surface area contributed by atoms with Crippen LogP contribution in [0.4, 0.5) is 0 Å². The molecule has 0 radical (unpaired) electrons. The van der Waals surface area contributed by atoms with Crippen molar-refractivity contribution in [3.8, 4) is 0 Å². The van der Waals surface area contributed by atoms with Crippen molar-refractivity contribution >= 4 is 32.7 Å². The van der Waals surface area contributed by atoms with Gasteiger partial charge in [0.15, 0.2) is 0 Å². The van der Waals surface area contributed by atoms with Gasteiger partial charge in [0.2, 0.25) is 0 Å². The Hall–Kier alpha value is -1.89. The molecule has 4 rings (SSSR count). The second-order valence-corrected chi connectivity index (χ2v) is 8.80. The van der Waals surface area contributed by atoms with Crippen LogP contribution in [-0.4, -0.2) is 35.4 Å². The molecule has 0 N–H and O–H groups in total. The van der Waals surface area contributed by atoms with Gasteiger partial charge in [-0.3, -0.25) is 4.90 Å². The molecule has 0 spiro atoms. The second-order valence-electron chi connectivity index (χ2n) is 6.58. The zero-order chi connectivity index (χ0) is 18.1. The van der Waals surface area contributed by atoms with Crippen molar-refractivity contribution in [3.05, 3.63) is 59.4 Å². The van der Waals surface area contributed by atoms with Crippen LogP contribution in [0, 0.1) is 0 Å². The Morgan fingerprint density at radius 3 is 2.38 bits per heavy atom. The Bertz CT molecular complexity index is 1020. The monoisotopic (exact) mass is 389 g/mol. The maximum atomic E-state index is 13.3. The fourth-order valence-corrected chi connectivity index (χ4v) is 5.06. The summed E-state index contributed by atoms with van der Waals surface area (Å²) in [6.07, 6.45) is 3.52. The molecule has 1 aliphatic heterocycles. The number of aromatic nitrogens is 2. The molecule has 0 aliphatic carbocycles. The first-order chi connectivity index (χ1) is 12.6. The predicted octanol–water partition coefficient (Wildman–Crippen LogP) is 3.91. The molecule has 2 aromatic carbocycles. The van der Waals surface area contributed by atoms with E-state index in [4.69, 9.17) is 11.6 Å². The van der Waals surface area contributed by atoms with Gasteiger partial charge >= 0.3 is 0 Å². The lowest BCUT2D eigenvalue weighted by Crippen LogP contribution is -2.31. The van der Waals surface area contributed by atoms with E-state index in [1.807, 2.05) is 18.2 Å². The van der Waals surface area contributed by atoms with Gasteiger partial charge in [0, 0.05) is 5.02 Å². The Kier molecular flexibility index (Phi) is 4.73. The highest BCUT2D eigenvalue weighted by molar-refractivity contribution is 7.90. The van der Waals surface area contributed by atoms with Crippen molar-refractivity contribution in [1.29, 1.82) is 0 Å². The fraction of sp³-hybridized carbons (Fsp3) is 0.316. The van der Waals surface area contributed by atoms with Gasteiger partial charge in [0.05, 0.1) is 22.5 Å². The van der Waals surface area contributed by atoms with E-state index in [0.717, 1.165) is 25.9 Å². The zero-order valence-electron chi connectivity index (χ0n) is 14.3. The molecular formula is C19H20ClN3O2S. The highest BCUT2D eigenvalue weighted by Gasteiger charge is 2.25. The van der Waals surface area contributed by atoms with Crippen LogP contribution in [0.5, 0.6) is 0 Å². The summed E-state index contributed by atoms with van der Waals surface area (Å²) >= 11 is 5.92. The number of nitrogens with zero attached hydrogens (tertiary/aromatic N) is 3. The second kappa shape index (κ2) is 7.02. The zero-order valence-corrected chi connectivity index (χ0v) is 15.9. The highest BCUT2D eigenvalue weighted by atomic mass is 35.5. The minimum Gasteiger partial charge on any atom is -0.296 e. The Balaban J connectivity index is 1.84. The first-order valence-electron chi connectivity index (χ1n) is 8.75. The van der Waals surface area contributed by atoms with Crippen LogP contribution in [-0.2, 0) is 16.6 Å². The minimum atomic E-state index is -3.75. The normalized spacial score (nSPS) is 16.2. The van der Waals surface area contributed by atoms with E-state index in [-0.39, 0.29) is 4.90 Å².